The Kier molecular flexibility index (Phi) is 3.89. The van der Waals surface area contributed by atoms with Gasteiger partial charge in [0.2, 0.25) is 0 Å². The molecule has 2 aromatic rings. The second-order valence-corrected chi connectivity index (χ2v) is 4.50. The predicted octanol–water partition coefficient (Wildman–Crippen LogP) is 1.50. The molecule has 0 saturated heterocycles. The molecule has 0 aliphatic heterocycles. The van der Waals surface area contributed by atoms with E-state index >= 15 is 0 Å². The minimum Gasteiger partial charge on any atom is -0.508 e. The maximum absolute atomic E-state index is 11.3. The van der Waals surface area contributed by atoms with Gasteiger partial charge in [0.1, 0.15) is 23.0 Å². The molecular weight excluding hydrogens is 274 g/mol. The lowest BCUT2D eigenvalue weighted by atomic mass is 9.99. The summed E-state index contributed by atoms with van der Waals surface area (Å²) in [5, 5.41) is 29.3. The molecule has 6 heteroatoms. The van der Waals surface area contributed by atoms with Crippen LogP contribution in [0.25, 0.3) is 0 Å². The van der Waals surface area contributed by atoms with E-state index in [2.05, 4.69) is 0 Å². The lowest BCUT2D eigenvalue weighted by Crippen LogP contribution is -2.12. The number of nitrogens with two attached hydrogens (primary N) is 1. The molecule has 21 heavy (non-hydrogen) atoms. The molecule has 0 spiro atoms. The van der Waals surface area contributed by atoms with Crippen LogP contribution < -0.4 is 10.5 Å². The molecule has 6 nitrogen and oxygen atoms in total. The number of phenols is 3. The van der Waals surface area contributed by atoms with Crippen molar-refractivity contribution in [1.29, 1.82) is 0 Å². The van der Waals surface area contributed by atoms with Crippen LogP contribution in [0.15, 0.2) is 30.3 Å². The van der Waals surface area contributed by atoms with Gasteiger partial charge in [-0.3, -0.25) is 4.79 Å². The van der Waals surface area contributed by atoms with Gasteiger partial charge in [-0.1, -0.05) is 6.07 Å². The van der Waals surface area contributed by atoms with Gasteiger partial charge in [-0.25, -0.2) is 0 Å². The van der Waals surface area contributed by atoms with Gasteiger partial charge < -0.3 is 25.8 Å². The molecule has 110 valence electrons. The summed E-state index contributed by atoms with van der Waals surface area (Å²) in [5.74, 6) is -0.870. The van der Waals surface area contributed by atoms with E-state index < -0.39 is 5.91 Å². The van der Waals surface area contributed by atoms with Gasteiger partial charge in [-0.15, -0.1) is 0 Å². The second kappa shape index (κ2) is 5.62. The van der Waals surface area contributed by atoms with Gasteiger partial charge in [0, 0.05) is 18.1 Å². The van der Waals surface area contributed by atoms with Crippen LogP contribution in [0, 0.1) is 0 Å². The van der Waals surface area contributed by atoms with Crippen molar-refractivity contribution in [2.45, 2.75) is 6.42 Å². The molecule has 0 heterocycles. The Hall–Kier alpha value is -2.89. The lowest BCUT2D eigenvalue weighted by Gasteiger charge is -2.13. The Morgan fingerprint density at radius 2 is 1.90 bits per heavy atom. The average Bonchev–Trinajstić information content (AvgIpc) is 2.43. The first kappa shape index (κ1) is 14.5. The van der Waals surface area contributed by atoms with E-state index in [9.17, 15) is 20.1 Å². The molecule has 0 radical (unpaired) electrons. The van der Waals surface area contributed by atoms with Crippen molar-refractivity contribution >= 4 is 5.91 Å². The smallest absolute Gasteiger partial charge is 0.252 e. The van der Waals surface area contributed by atoms with Crippen LogP contribution in [-0.2, 0) is 6.42 Å². The molecule has 2 aromatic carbocycles. The highest BCUT2D eigenvalue weighted by molar-refractivity contribution is 5.96. The molecule has 0 aromatic heterocycles. The quantitative estimate of drug-likeness (QED) is 0.681. The van der Waals surface area contributed by atoms with Crippen molar-refractivity contribution in [2.24, 2.45) is 5.73 Å². The summed E-state index contributed by atoms with van der Waals surface area (Å²) >= 11 is 0. The molecule has 0 aliphatic rings. The lowest BCUT2D eigenvalue weighted by molar-refractivity contribution is 0.0997. The standard InChI is InChI=1S/C15H15NO5/c1-21-13-5-4-10(15(16)20)14(19)11(13)6-8-2-3-9(17)7-12(8)18/h2-5,7,17-19H,6H2,1H3,(H2,16,20). The van der Waals surface area contributed by atoms with Crippen molar-refractivity contribution in [3.63, 3.8) is 0 Å². The number of carbonyl (C=O) groups is 1. The zero-order chi connectivity index (χ0) is 15.6. The summed E-state index contributed by atoms with van der Waals surface area (Å²) in [4.78, 5) is 11.3. The van der Waals surface area contributed by atoms with Gasteiger partial charge >= 0.3 is 0 Å². The van der Waals surface area contributed by atoms with Crippen LogP contribution in [-0.4, -0.2) is 28.3 Å². The summed E-state index contributed by atoms with van der Waals surface area (Å²) in [5.41, 5.74) is 5.96. The molecule has 2 rings (SSSR count). The number of rotatable bonds is 4. The Morgan fingerprint density at radius 1 is 1.19 bits per heavy atom. The number of ether oxygens (including phenoxy) is 1. The molecule has 0 unspecified atom stereocenters. The molecule has 5 N–H and O–H groups in total. The van der Waals surface area contributed by atoms with Gasteiger partial charge in [-0.05, 0) is 23.8 Å². The number of phenolic OH excluding ortho intramolecular Hbond substituents is 2. The Morgan fingerprint density at radius 3 is 2.48 bits per heavy atom. The van der Waals surface area contributed by atoms with E-state index in [1.165, 1.54) is 37.4 Å². The number of methoxy groups -OCH3 is 1. The van der Waals surface area contributed by atoms with Crippen LogP contribution in [0.4, 0.5) is 0 Å². The van der Waals surface area contributed by atoms with Gasteiger partial charge in [0.05, 0.1) is 12.7 Å². The van der Waals surface area contributed by atoms with E-state index in [0.29, 0.717) is 16.9 Å². The van der Waals surface area contributed by atoms with Crippen LogP contribution in [0.1, 0.15) is 21.5 Å². The predicted molar refractivity (Wildman–Crippen MR) is 75.8 cm³/mol. The number of amides is 1. The van der Waals surface area contributed by atoms with Crippen LogP contribution >= 0.6 is 0 Å². The van der Waals surface area contributed by atoms with Crippen molar-refractivity contribution in [3.8, 4) is 23.0 Å². The van der Waals surface area contributed by atoms with Gasteiger partial charge in [0.15, 0.2) is 0 Å². The zero-order valence-corrected chi connectivity index (χ0v) is 11.3. The highest BCUT2D eigenvalue weighted by Gasteiger charge is 2.18. The fraction of sp³-hybridized carbons (Fsp3) is 0.133. The SMILES string of the molecule is COc1ccc(C(N)=O)c(O)c1Cc1ccc(O)cc1O. The third-order valence-corrected chi connectivity index (χ3v) is 3.16. The Bertz CT molecular complexity index is 697. The third-order valence-electron chi connectivity index (χ3n) is 3.16. The summed E-state index contributed by atoms with van der Waals surface area (Å²) in [6, 6.07) is 7.01. The molecule has 0 saturated carbocycles. The second-order valence-electron chi connectivity index (χ2n) is 4.50. The Labute approximate surface area is 121 Å². The van der Waals surface area contributed by atoms with E-state index in [1.807, 2.05) is 0 Å². The van der Waals surface area contributed by atoms with E-state index in [-0.39, 0.29) is 29.2 Å². The van der Waals surface area contributed by atoms with Crippen molar-refractivity contribution in [1.82, 2.24) is 0 Å². The minimum atomic E-state index is -0.758. The molecule has 0 atom stereocenters. The van der Waals surface area contributed by atoms with Crippen molar-refractivity contribution < 1.29 is 24.9 Å². The first-order valence-electron chi connectivity index (χ1n) is 6.13. The van der Waals surface area contributed by atoms with E-state index in [4.69, 9.17) is 10.5 Å². The number of benzene rings is 2. The fourth-order valence-electron chi connectivity index (χ4n) is 2.07. The van der Waals surface area contributed by atoms with E-state index in [0.717, 1.165) is 0 Å². The first-order valence-corrected chi connectivity index (χ1v) is 6.13. The summed E-state index contributed by atoms with van der Waals surface area (Å²) in [7, 11) is 1.43. The zero-order valence-electron chi connectivity index (χ0n) is 11.3. The van der Waals surface area contributed by atoms with Crippen LogP contribution in [0.3, 0.4) is 0 Å². The van der Waals surface area contributed by atoms with Crippen LogP contribution in [0.5, 0.6) is 23.0 Å². The summed E-state index contributed by atoms with van der Waals surface area (Å²) < 4.78 is 5.15. The number of hydrogen-bond donors (Lipinski definition) is 4. The highest BCUT2D eigenvalue weighted by atomic mass is 16.5. The van der Waals surface area contributed by atoms with Crippen LogP contribution in [0.2, 0.25) is 0 Å². The molecule has 1 amide bonds. The maximum atomic E-state index is 11.3. The fourth-order valence-corrected chi connectivity index (χ4v) is 2.07. The number of hydrogen-bond acceptors (Lipinski definition) is 5. The minimum absolute atomic E-state index is 0.0240. The maximum Gasteiger partial charge on any atom is 0.252 e. The average molecular weight is 289 g/mol. The first-order chi connectivity index (χ1) is 9.93. The van der Waals surface area contributed by atoms with Crippen molar-refractivity contribution in [3.05, 3.63) is 47.0 Å². The normalized spacial score (nSPS) is 10.3. The van der Waals surface area contributed by atoms with Crippen molar-refractivity contribution in [2.75, 3.05) is 7.11 Å². The van der Waals surface area contributed by atoms with Gasteiger partial charge in [-0.2, -0.15) is 0 Å². The molecule has 0 fully saturated rings. The molecular formula is C15H15NO5. The highest BCUT2D eigenvalue weighted by Crippen LogP contribution is 2.35. The summed E-state index contributed by atoms with van der Waals surface area (Å²) in [6.45, 7) is 0. The monoisotopic (exact) mass is 289 g/mol. The molecule has 0 aliphatic carbocycles. The number of aromatic hydroxyl groups is 3. The Balaban J connectivity index is 2.51. The van der Waals surface area contributed by atoms with Gasteiger partial charge in [0.25, 0.3) is 5.91 Å². The summed E-state index contributed by atoms with van der Waals surface area (Å²) in [6.07, 6.45) is 0.113. The topological polar surface area (TPSA) is 113 Å². The van der Waals surface area contributed by atoms with E-state index in [1.54, 1.807) is 0 Å². The third kappa shape index (κ3) is 2.84. The number of carbonyl (C=O) groups excluding carboxylic acids is 1. The number of primary amides is 1. The largest absolute Gasteiger partial charge is 0.508 e. The molecule has 0 bridgehead atoms.